The Kier molecular flexibility index (Phi) is 7.23. The number of morpholine rings is 1. The van der Waals surface area contributed by atoms with E-state index in [9.17, 15) is 21.6 Å². The predicted octanol–water partition coefficient (Wildman–Crippen LogP) is 1.81. The van der Waals surface area contributed by atoms with Crippen molar-refractivity contribution in [3.8, 4) is 0 Å². The molecule has 3 rings (SSSR count). The van der Waals surface area contributed by atoms with Crippen LogP contribution in [-0.4, -0.2) is 65.6 Å². The number of nitrogens with one attached hydrogen (secondary N) is 1. The maximum atomic E-state index is 12.8. The highest BCUT2D eigenvalue weighted by Gasteiger charge is 2.30. The van der Waals surface area contributed by atoms with Gasteiger partial charge in [-0.3, -0.25) is 9.10 Å². The molecule has 2 aromatic carbocycles. The normalized spacial score (nSPS) is 16.3. The lowest BCUT2D eigenvalue weighted by atomic mass is 10.2. The Hall–Kier alpha value is -2.47. The van der Waals surface area contributed by atoms with E-state index in [0.717, 1.165) is 16.1 Å². The monoisotopic (exact) mass is 481 g/mol. The third-order valence-electron chi connectivity index (χ3n) is 5.11. The van der Waals surface area contributed by atoms with Gasteiger partial charge in [0.25, 0.3) is 0 Å². The first-order chi connectivity index (χ1) is 15.0. The predicted molar refractivity (Wildman–Crippen MR) is 123 cm³/mol. The zero-order chi connectivity index (χ0) is 23.5. The summed E-state index contributed by atoms with van der Waals surface area (Å²) in [7, 11) is -7.37. The molecular formula is C21H27N3O6S2. The van der Waals surface area contributed by atoms with E-state index in [1.54, 1.807) is 24.3 Å². The molecule has 174 valence electrons. The molecule has 1 saturated heterocycles. The summed E-state index contributed by atoms with van der Waals surface area (Å²) in [6.45, 7) is 4.66. The van der Waals surface area contributed by atoms with E-state index >= 15 is 0 Å². The Balaban J connectivity index is 1.76. The van der Waals surface area contributed by atoms with Crippen LogP contribution in [0, 0.1) is 6.92 Å². The number of hydrogen-bond acceptors (Lipinski definition) is 6. The van der Waals surface area contributed by atoms with Crippen molar-refractivity contribution in [1.82, 2.24) is 4.31 Å². The van der Waals surface area contributed by atoms with Gasteiger partial charge >= 0.3 is 0 Å². The number of sulfonamides is 2. The van der Waals surface area contributed by atoms with Gasteiger partial charge in [0.05, 0.1) is 30.1 Å². The summed E-state index contributed by atoms with van der Waals surface area (Å²) in [6, 6.07) is 11.6. The van der Waals surface area contributed by atoms with Crippen molar-refractivity contribution in [2.24, 2.45) is 0 Å². The quantitative estimate of drug-likeness (QED) is 0.645. The lowest BCUT2D eigenvalue weighted by Crippen LogP contribution is -2.45. The number of ether oxygens (including phenoxy) is 1. The summed E-state index contributed by atoms with van der Waals surface area (Å²) in [5.74, 6) is -0.542. The second kappa shape index (κ2) is 9.57. The Morgan fingerprint density at radius 1 is 1.00 bits per heavy atom. The molecule has 1 aliphatic heterocycles. The second-order valence-electron chi connectivity index (χ2n) is 7.60. The minimum absolute atomic E-state index is 0.114. The number of nitrogens with zero attached hydrogens (tertiary/aromatic N) is 2. The number of anilines is 2. The van der Waals surface area contributed by atoms with E-state index in [4.69, 9.17) is 4.74 Å². The van der Waals surface area contributed by atoms with E-state index < -0.39 is 32.0 Å². The molecule has 0 bridgehead atoms. The molecule has 0 radical (unpaired) electrons. The number of rotatable bonds is 7. The van der Waals surface area contributed by atoms with E-state index in [1.165, 1.54) is 35.5 Å². The minimum atomic E-state index is -3.73. The molecule has 1 aliphatic rings. The highest BCUT2D eigenvalue weighted by atomic mass is 32.2. The Labute approximate surface area is 189 Å². The summed E-state index contributed by atoms with van der Waals surface area (Å²) in [5, 5.41) is 2.66. The van der Waals surface area contributed by atoms with Crippen LogP contribution in [0.4, 0.5) is 11.4 Å². The van der Waals surface area contributed by atoms with Crippen LogP contribution in [0.5, 0.6) is 0 Å². The zero-order valence-electron chi connectivity index (χ0n) is 18.2. The number of hydrogen-bond donors (Lipinski definition) is 1. The molecule has 0 aliphatic carbocycles. The average Bonchev–Trinajstić information content (AvgIpc) is 2.75. The van der Waals surface area contributed by atoms with Crippen molar-refractivity contribution in [3.63, 3.8) is 0 Å². The SMILES string of the molecule is Cc1ccc(N([C@H](C)C(=O)Nc2ccc(S(=O)(=O)N3CCOCC3)cc2)S(C)(=O)=O)cc1. The molecule has 1 heterocycles. The van der Waals surface area contributed by atoms with Crippen molar-refractivity contribution in [2.45, 2.75) is 24.8 Å². The first-order valence-corrected chi connectivity index (χ1v) is 13.3. The van der Waals surface area contributed by atoms with Gasteiger partial charge in [-0.1, -0.05) is 17.7 Å². The van der Waals surface area contributed by atoms with Crippen LogP contribution in [0.15, 0.2) is 53.4 Å². The second-order valence-corrected chi connectivity index (χ2v) is 11.4. The molecule has 1 atom stereocenters. The summed E-state index contributed by atoms with van der Waals surface area (Å²) in [4.78, 5) is 12.9. The third kappa shape index (κ3) is 5.47. The van der Waals surface area contributed by atoms with Crippen LogP contribution in [0.3, 0.4) is 0 Å². The van der Waals surface area contributed by atoms with Gasteiger partial charge in [0.1, 0.15) is 6.04 Å². The molecule has 2 aromatic rings. The number of carbonyl (C=O) groups excluding carboxylic acids is 1. The first-order valence-electron chi connectivity index (χ1n) is 10.0. The Morgan fingerprint density at radius 3 is 2.09 bits per heavy atom. The summed E-state index contributed by atoms with van der Waals surface area (Å²) in [6.07, 6.45) is 1.04. The lowest BCUT2D eigenvalue weighted by Gasteiger charge is -2.28. The lowest BCUT2D eigenvalue weighted by molar-refractivity contribution is -0.116. The van der Waals surface area contributed by atoms with Gasteiger partial charge in [-0.2, -0.15) is 4.31 Å². The molecule has 0 saturated carbocycles. The van der Waals surface area contributed by atoms with Crippen molar-refractivity contribution < 1.29 is 26.4 Å². The standard InChI is InChI=1S/C21H27N3O6S2/c1-16-4-8-19(9-5-16)24(31(3,26)27)17(2)21(25)22-18-6-10-20(11-7-18)32(28,29)23-12-14-30-15-13-23/h4-11,17H,12-15H2,1-3H3,(H,22,25)/t17-/m1/s1. The van der Waals surface area contributed by atoms with Gasteiger partial charge in [-0.15, -0.1) is 0 Å². The largest absolute Gasteiger partial charge is 0.379 e. The van der Waals surface area contributed by atoms with Gasteiger partial charge < -0.3 is 10.1 Å². The highest BCUT2D eigenvalue weighted by molar-refractivity contribution is 7.92. The number of carbonyl (C=O) groups is 1. The molecular weight excluding hydrogens is 454 g/mol. The summed E-state index contributed by atoms with van der Waals surface area (Å²) < 4.78 is 57.8. The van der Waals surface area contributed by atoms with E-state index in [0.29, 0.717) is 37.7 Å². The van der Waals surface area contributed by atoms with Gasteiger partial charge in [0.15, 0.2) is 0 Å². The highest BCUT2D eigenvalue weighted by Crippen LogP contribution is 2.23. The minimum Gasteiger partial charge on any atom is -0.379 e. The fraction of sp³-hybridized carbons (Fsp3) is 0.381. The van der Waals surface area contributed by atoms with Gasteiger partial charge in [-0.25, -0.2) is 16.8 Å². The fourth-order valence-corrected chi connectivity index (χ4v) is 5.98. The molecule has 32 heavy (non-hydrogen) atoms. The van der Waals surface area contributed by atoms with Crippen molar-refractivity contribution in [2.75, 3.05) is 42.2 Å². The molecule has 0 unspecified atom stereocenters. The summed E-state index contributed by atoms with van der Waals surface area (Å²) >= 11 is 0. The maximum Gasteiger partial charge on any atom is 0.247 e. The van der Waals surface area contributed by atoms with E-state index in [-0.39, 0.29) is 4.90 Å². The Bertz CT molecular complexity index is 1160. The number of aryl methyl sites for hydroxylation is 1. The topological polar surface area (TPSA) is 113 Å². The smallest absolute Gasteiger partial charge is 0.247 e. The molecule has 1 amide bonds. The van der Waals surface area contributed by atoms with Crippen LogP contribution in [0.2, 0.25) is 0 Å². The average molecular weight is 482 g/mol. The number of amides is 1. The third-order valence-corrected chi connectivity index (χ3v) is 8.26. The van der Waals surface area contributed by atoms with Crippen LogP contribution in [0.25, 0.3) is 0 Å². The molecule has 1 N–H and O–H groups in total. The van der Waals surface area contributed by atoms with Crippen LogP contribution in [-0.2, 0) is 29.6 Å². The number of benzene rings is 2. The van der Waals surface area contributed by atoms with Crippen molar-refractivity contribution >= 4 is 37.3 Å². The first kappa shape index (κ1) is 24.2. The van der Waals surface area contributed by atoms with E-state index in [2.05, 4.69) is 5.32 Å². The van der Waals surface area contributed by atoms with Crippen LogP contribution < -0.4 is 9.62 Å². The molecule has 0 spiro atoms. The van der Waals surface area contributed by atoms with Crippen molar-refractivity contribution in [3.05, 3.63) is 54.1 Å². The molecule has 11 heteroatoms. The van der Waals surface area contributed by atoms with Gasteiger partial charge in [-0.05, 0) is 50.2 Å². The maximum absolute atomic E-state index is 12.8. The Morgan fingerprint density at radius 2 is 1.56 bits per heavy atom. The molecule has 0 aromatic heterocycles. The van der Waals surface area contributed by atoms with E-state index in [1.807, 2.05) is 6.92 Å². The van der Waals surface area contributed by atoms with Gasteiger partial charge in [0.2, 0.25) is 26.0 Å². The molecule has 1 fully saturated rings. The molecule has 9 nitrogen and oxygen atoms in total. The zero-order valence-corrected chi connectivity index (χ0v) is 19.8. The van der Waals surface area contributed by atoms with Crippen molar-refractivity contribution in [1.29, 1.82) is 0 Å². The fourth-order valence-electron chi connectivity index (χ4n) is 3.39. The van der Waals surface area contributed by atoms with Crippen LogP contribution in [0.1, 0.15) is 12.5 Å². The summed E-state index contributed by atoms with van der Waals surface area (Å²) in [5.41, 5.74) is 1.71. The van der Waals surface area contributed by atoms with Gasteiger partial charge in [0, 0.05) is 18.8 Å². The van der Waals surface area contributed by atoms with Crippen LogP contribution >= 0.6 is 0 Å².